The molecule has 0 spiro atoms. The van der Waals surface area contributed by atoms with Crippen LogP contribution in [0.15, 0.2) is 30.6 Å². The van der Waals surface area contributed by atoms with Crippen LogP contribution in [0.2, 0.25) is 0 Å². The van der Waals surface area contributed by atoms with E-state index in [2.05, 4.69) is 20.4 Å². The molecule has 0 aliphatic rings. The molecule has 2 aromatic heterocycles. The minimum absolute atomic E-state index is 0.0110. The first kappa shape index (κ1) is 12.5. The van der Waals surface area contributed by atoms with Crippen LogP contribution >= 0.6 is 0 Å². The van der Waals surface area contributed by atoms with E-state index in [0.29, 0.717) is 6.54 Å². The van der Waals surface area contributed by atoms with Gasteiger partial charge in [0.1, 0.15) is 6.33 Å². The van der Waals surface area contributed by atoms with Crippen molar-refractivity contribution < 1.29 is 4.79 Å². The molecule has 1 aromatic carbocycles. The standard InChI is InChI=1S/C14H15N5O/c1-10(20)15-8-4-7-13-17-14-11-5-2-3-6-12(11)16-9-19(14)18-13/h2-3,5-6,9H,4,7-8H2,1H3,(H,15,20). The second kappa shape index (κ2) is 5.24. The lowest BCUT2D eigenvalue weighted by atomic mass is 10.2. The second-order valence-electron chi connectivity index (χ2n) is 4.64. The van der Waals surface area contributed by atoms with Crippen molar-refractivity contribution >= 4 is 22.5 Å². The van der Waals surface area contributed by atoms with Gasteiger partial charge in [-0.2, -0.15) is 0 Å². The van der Waals surface area contributed by atoms with Gasteiger partial charge in [-0.3, -0.25) is 4.79 Å². The highest BCUT2D eigenvalue weighted by Gasteiger charge is 2.07. The zero-order valence-electron chi connectivity index (χ0n) is 11.2. The molecule has 3 aromatic rings. The molecule has 0 aliphatic carbocycles. The Labute approximate surface area is 115 Å². The van der Waals surface area contributed by atoms with Crippen LogP contribution < -0.4 is 5.32 Å². The van der Waals surface area contributed by atoms with Crippen LogP contribution in [0.1, 0.15) is 19.2 Å². The summed E-state index contributed by atoms with van der Waals surface area (Å²) in [6.45, 7) is 2.16. The normalized spacial score (nSPS) is 11.1. The van der Waals surface area contributed by atoms with E-state index < -0.39 is 0 Å². The second-order valence-corrected chi connectivity index (χ2v) is 4.64. The minimum atomic E-state index is -0.0110. The number of aromatic nitrogens is 4. The maximum Gasteiger partial charge on any atom is 0.216 e. The summed E-state index contributed by atoms with van der Waals surface area (Å²) < 4.78 is 1.70. The number of benzene rings is 1. The van der Waals surface area contributed by atoms with Crippen molar-refractivity contribution in [3.63, 3.8) is 0 Å². The molecule has 0 radical (unpaired) electrons. The molecule has 6 heteroatoms. The lowest BCUT2D eigenvalue weighted by Gasteiger charge is -1.98. The number of rotatable bonds is 4. The molecule has 3 rings (SSSR count). The van der Waals surface area contributed by atoms with Crippen molar-refractivity contribution in [1.82, 2.24) is 24.9 Å². The van der Waals surface area contributed by atoms with Gasteiger partial charge in [0.05, 0.1) is 5.52 Å². The van der Waals surface area contributed by atoms with E-state index in [4.69, 9.17) is 0 Å². The highest BCUT2D eigenvalue weighted by molar-refractivity contribution is 5.90. The Balaban J connectivity index is 1.83. The van der Waals surface area contributed by atoms with E-state index in [-0.39, 0.29) is 5.91 Å². The third kappa shape index (κ3) is 2.45. The van der Waals surface area contributed by atoms with Gasteiger partial charge in [0.15, 0.2) is 11.5 Å². The Morgan fingerprint density at radius 2 is 2.20 bits per heavy atom. The van der Waals surface area contributed by atoms with E-state index in [1.807, 2.05) is 24.3 Å². The molecule has 0 atom stereocenters. The molecule has 0 saturated heterocycles. The summed E-state index contributed by atoms with van der Waals surface area (Å²) in [6, 6.07) is 7.87. The van der Waals surface area contributed by atoms with Crippen molar-refractivity contribution in [2.75, 3.05) is 6.54 Å². The van der Waals surface area contributed by atoms with Crippen LogP contribution in [0.5, 0.6) is 0 Å². The third-order valence-electron chi connectivity index (χ3n) is 3.08. The number of para-hydroxylation sites is 1. The number of aryl methyl sites for hydroxylation is 1. The molecule has 0 saturated carbocycles. The van der Waals surface area contributed by atoms with Crippen LogP contribution in [0.3, 0.4) is 0 Å². The highest BCUT2D eigenvalue weighted by atomic mass is 16.1. The summed E-state index contributed by atoms with van der Waals surface area (Å²) in [6.07, 6.45) is 3.24. The van der Waals surface area contributed by atoms with Crippen molar-refractivity contribution in [2.45, 2.75) is 19.8 Å². The van der Waals surface area contributed by atoms with Gasteiger partial charge in [-0.25, -0.2) is 14.5 Å². The van der Waals surface area contributed by atoms with Crippen molar-refractivity contribution in [1.29, 1.82) is 0 Å². The van der Waals surface area contributed by atoms with Crippen LogP contribution in [0.25, 0.3) is 16.6 Å². The van der Waals surface area contributed by atoms with E-state index in [0.717, 1.165) is 35.2 Å². The van der Waals surface area contributed by atoms with E-state index >= 15 is 0 Å². The topological polar surface area (TPSA) is 72.2 Å². The monoisotopic (exact) mass is 269 g/mol. The Bertz CT molecular complexity index is 764. The summed E-state index contributed by atoms with van der Waals surface area (Å²) in [5.74, 6) is 0.761. The van der Waals surface area contributed by atoms with Crippen LogP contribution in [0, 0.1) is 0 Å². The van der Waals surface area contributed by atoms with Crippen molar-refractivity contribution in [2.24, 2.45) is 0 Å². The fourth-order valence-electron chi connectivity index (χ4n) is 2.14. The van der Waals surface area contributed by atoms with Crippen LogP contribution in [0.4, 0.5) is 0 Å². The number of fused-ring (bicyclic) bond motifs is 3. The lowest BCUT2D eigenvalue weighted by Crippen LogP contribution is -2.21. The molecule has 6 nitrogen and oxygen atoms in total. The Morgan fingerprint density at radius 1 is 1.35 bits per heavy atom. The third-order valence-corrected chi connectivity index (χ3v) is 3.08. The molecule has 0 unspecified atom stereocenters. The van der Waals surface area contributed by atoms with Crippen LogP contribution in [-0.2, 0) is 11.2 Å². The molecule has 1 amide bonds. The van der Waals surface area contributed by atoms with E-state index in [1.165, 1.54) is 6.92 Å². The summed E-state index contributed by atoms with van der Waals surface area (Å²) in [5.41, 5.74) is 1.74. The van der Waals surface area contributed by atoms with Gasteiger partial charge in [0, 0.05) is 25.3 Å². The first-order valence-corrected chi connectivity index (χ1v) is 6.57. The summed E-state index contributed by atoms with van der Waals surface area (Å²) >= 11 is 0. The minimum Gasteiger partial charge on any atom is -0.356 e. The van der Waals surface area contributed by atoms with Gasteiger partial charge in [-0.05, 0) is 18.6 Å². The van der Waals surface area contributed by atoms with Gasteiger partial charge in [0.2, 0.25) is 5.91 Å². The molecule has 0 aliphatic heterocycles. The maximum absolute atomic E-state index is 10.8. The molecule has 0 fully saturated rings. The van der Waals surface area contributed by atoms with Crippen molar-refractivity contribution in [3.05, 3.63) is 36.4 Å². The smallest absolute Gasteiger partial charge is 0.216 e. The Hall–Kier alpha value is -2.50. The summed E-state index contributed by atoms with van der Waals surface area (Å²) in [5, 5.41) is 8.17. The number of nitrogens with one attached hydrogen (secondary N) is 1. The number of carbonyl (C=O) groups is 1. The van der Waals surface area contributed by atoms with Gasteiger partial charge in [-0.15, -0.1) is 5.10 Å². The SMILES string of the molecule is CC(=O)NCCCc1nc2c3ccccc3ncn2n1. The van der Waals surface area contributed by atoms with Gasteiger partial charge in [0.25, 0.3) is 0 Å². The van der Waals surface area contributed by atoms with E-state index in [1.54, 1.807) is 10.8 Å². The average Bonchev–Trinajstić information content (AvgIpc) is 2.87. The quantitative estimate of drug-likeness (QED) is 0.726. The average molecular weight is 269 g/mol. The number of amides is 1. The lowest BCUT2D eigenvalue weighted by molar-refractivity contribution is -0.118. The highest BCUT2D eigenvalue weighted by Crippen LogP contribution is 2.15. The zero-order chi connectivity index (χ0) is 13.9. The largest absolute Gasteiger partial charge is 0.356 e. The van der Waals surface area contributed by atoms with E-state index in [9.17, 15) is 4.79 Å². The van der Waals surface area contributed by atoms with Gasteiger partial charge in [-0.1, -0.05) is 12.1 Å². The molecule has 102 valence electrons. The molecule has 20 heavy (non-hydrogen) atoms. The predicted molar refractivity (Wildman–Crippen MR) is 75.3 cm³/mol. The molecule has 1 N–H and O–H groups in total. The first-order chi connectivity index (χ1) is 9.74. The Morgan fingerprint density at radius 3 is 3.05 bits per heavy atom. The Kier molecular flexibility index (Phi) is 3.28. The van der Waals surface area contributed by atoms with Crippen molar-refractivity contribution in [3.8, 4) is 0 Å². The summed E-state index contributed by atoms with van der Waals surface area (Å²) in [7, 11) is 0. The molecular weight excluding hydrogens is 254 g/mol. The molecular formula is C14H15N5O. The summed E-state index contributed by atoms with van der Waals surface area (Å²) in [4.78, 5) is 19.7. The zero-order valence-corrected chi connectivity index (χ0v) is 11.2. The predicted octanol–water partition coefficient (Wildman–Crippen LogP) is 1.35. The fourth-order valence-corrected chi connectivity index (χ4v) is 2.14. The number of hydrogen-bond acceptors (Lipinski definition) is 4. The van der Waals surface area contributed by atoms with Crippen LogP contribution in [-0.4, -0.2) is 32.0 Å². The van der Waals surface area contributed by atoms with Gasteiger partial charge >= 0.3 is 0 Å². The van der Waals surface area contributed by atoms with Gasteiger partial charge < -0.3 is 5.32 Å². The number of nitrogens with zero attached hydrogens (tertiary/aromatic N) is 4. The number of carbonyl (C=O) groups excluding carboxylic acids is 1. The fraction of sp³-hybridized carbons (Fsp3) is 0.286. The molecule has 2 heterocycles. The first-order valence-electron chi connectivity index (χ1n) is 6.57. The number of hydrogen-bond donors (Lipinski definition) is 1. The maximum atomic E-state index is 10.8. The molecule has 0 bridgehead atoms.